The monoisotopic (exact) mass is 124 g/mol. The number of hydrogen-bond acceptors (Lipinski definition) is 2. The molecule has 2 nitrogen and oxygen atoms in total. The maximum Gasteiger partial charge on any atom is 0.331 e. The lowest BCUT2D eigenvalue weighted by Gasteiger charge is -2.01. The minimum absolute atomic E-state index is 0.144. The van der Waals surface area contributed by atoms with Crippen LogP contribution >= 0.6 is 0 Å². The molecule has 1 saturated carbocycles. The molecule has 1 heterocycles. The molecule has 1 fully saturated rings. The third-order valence-corrected chi connectivity index (χ3v) is 1.91. The molecule has 2 aliphatic rings. The molecule has 0 N–H and O–H groups in total. The minimum Gasteiger partial charge on any atom is -0.455 e. The van der Waals surface area contributed by atoms with Crippen molar-refractivity contribution >= 4 is 5.97 Å². The van der Waals surface area contributed by atoms with Gasteiger partial charge in [0, 0.05) is 6.08 Å². The third-order valence-electron chi connectivity index (χ3n) is 1.91. The van der Waals surface area contributed by atoms with E-state index in [9.17, 15) is 4.79 Å². The summed E-state index contributed by atoms with van der Waals surface area (Å²) in [4.78, 5) is 10.6. The molecular formula is C7H8O2. The predicted octanol–water partition coefficient (Wildman–Crippen LogP) is 1.02. The van der Waals surface area contributed by atoms with E-state index in [1.54, 1.807) is 6.08 Å². The summed E-state index contributed by atoms with van der Waals surface area (Å²) >= 11 is 0. The van der Waals surface area contributed by atoms with Crippen molar-refractivity contribution in [2.75, 3.05) is 0 Å². The van der Waals surface area contributed by atoms with Gasteiger partial charge in [-0.2, -0.15) is 0 Å². The number of fused-ring (bicyclic) bond motifs is 1. The first-order valence-corrected chi connectivity index (χ1v) is 3.27. The lowest BCUT2D eigenvalue weighted by molar-refractivity contribution is -0.138. The second-order valence-corrected chi connectivity index (χ2v) is 2.54. The van der Waals surface area contributed by atoms with E-state index in [4.69, 9.17) is 4.74 Å². The van der Waals surface area contributed by atoms with Gasteiger partial charge in [-0.3, -0.25) is 0 Å². The van der Waals surface area contributed by atoms with Gasteiger partial charge in [0.15, 0.2) is 0 Å². The molecule has 2 heteroatoms. The molecule has 0 aromatic heterocycles. The maximum atomic E-state index is 10.6. The average molecular weight is 124 g/mol. The highest BCUT2D eigenvalue weighted by atomic mass is 16.5. The molecule has 0 saturated heterocycles. The summed E-state index contributed by atoms with van der Waals surface area (Å²) in [7, 11) is 0. The van der Waals surface area contributed by atoms with Crippen molar-refractivity contribution in [1.82, 2.24) is 0 Å². The highest BCUT2D eigenvalue weighted by Crippen LogP contribution is 2.31. The maximum absolute atomic E-state index is 10.6. The van der Waals surface area contributed by atoms with Crippen LogP contribution in [0, 0.1) is 0 Å². The number of esters is 1. The molecular weight excluding hydrogens is 116 g/mol. The second-order valence-electron chi connectivity index (χ2n) is 2.54. The summed E-state index contributed by atoms with van der Waals surface area (Å²) in [6.45, 7) is 0. The molecule has 9 heavy (non-hydrogen) atoms. The van der Waals surface area contributed by atoms with Crippen molar-refractivity contribution in [3.63, 3.8) is 0 Å². The van der Waals surface area contributed by atoms with Crippen LogP contribution in [-0.2, 0) is 9.53 Å². The Bertz CT molecular complexity index is 181. The largest absolute Gasteiger partial charge is 0.455 e. The predicted molar refractivity (Wildman–Crippen MR) is 31.8 cm³/mol. The molecule has 1 aliphatic carbocycles. The van der Waals surface area contributed by atoms with E-state index in [1.165, 1.54) is 12.0 Å². The first-order valence-electron chi connectivity index (χ1n) is 3.27. The molecule has 0 bridgehead atoms. The highest BCUT2D eigenvalue weighted by Gasteiger charge is 2.29. The van der Waals surface area contributed by atoms with Gasteiger partial charge in [-0.1, -0.05) is 0 Å². The lowest BCUT2D eigenvalue weighted by atomic mass is 10.2. The molecule has 2 rings (SSSR count). The van der Waals surface area contributed by atoms with Crippen LogP contribution in [0.4, 0.5) is 0 Å². The van der Waals surface area contributed by atoms with Crippen molar-refractivity contribution in [2.24, 2.45) is 0 Å². The molecule has 48 valence electrons. The Morgan fingerprint density at radius 3 is 3.33 bits per heavy atom. The summed E-state index contributed by atoms with van der Waals surface area (Å²) in [6.07, 6.45) is 5.09. The summed E-state index contributed by atoms with van der Waals surface area (Å²) in [5.41, 5.74) is 1.21. The zero-order valence-electron chi connectivity index (χ0n) is 5.09. The first kappa shape index (κ1) is 5.03. The zero-order valence-corrected chi connectivity index (χ0v) is 5.09. The Labute approximate surface area is 53.5 Å². The summed E-state index contributed by atoms with van der Waals surface area (Å²) in [5.74, 6) is -0.144. The van der Waals surface area contributed by atoms with Gasteiger partial charge in [0.2, 0.25) is 0 Å². The summed E-state index contributed by atoms with van der Waals surface area (Å²) in [5, 5.41) is 0. The Kier molecular flexibility index (Phi) is 0.891. The molecule has 1 aliphatic heterocycles. The van der Waals surface area contributed by atoms with E-state index in [-0.39, 0.29) is 12.1 Å². The van der Waals surface area contributed by atoms with Gasteiger partial charge in [-0.05, 0) is 24.8 Å². The van der Waals surface area contributed by atoms with Crippen molar-refractivity contribution in [2.45, 2.75) is 25.4 Å². The van der Waals surface area contributed by atoms with Crippen LogP contribution in [0.5, 0.6) is 0 Å². The molecule has 0 spiro atoms. The van der Waals surface area contributed by atoms with Crippen molar-refractivity contribution in [1.29, 1.82) is 0 Å². The quantitative estimate of drug-likeness (QED) is 0.451. The fourth-order valence-electron chi connectivity index (χ4n) is 1.46. The SMILES string of the molecule is O=C1C=C2CCC[C@@H]2O1. The van der Waals surface area contributed by atoms with E-state index >= 15 is 0 Å². The van der Waals surface area contributed by atoms with E-state index in [2.05, 4.69) is 0 Å². The number of hydrogen-bond donors (Lipinski definition) is 0. The lowest BCUT2D eigenvalue weighted by Crippen LogP contribution is -2.05. The fraction of sp³-hybridized carbons (Fsp3) is 0.571. The topological polar surface area (TPSA) is 26.3 Å². The van der Waals surface area contributed by atoms with E-state index in [0.29, 0.717) is 0 Å². The Hall–Kier alpha value is -0.790. The van der Waals surface area contributed by atoms with E-state index in [0.717, 1.165) is 12.8 Å². The molecule has 0 aromatic carbocycles. The van der Waals surface area contributed by atoms with Crippen molar-refractivity contribution in [3.05, 3.63) is 11.6 Å². The van der Waals surface area contributed by atoms with E-state index < -0.39 is 0 Å². The minimum atomic E-state index is -0.144. The number of ether oxygens (including phenoxy) is 1. The standard InChI is InChI=1S/C7H8O2/c8-7-4-5-2-1-3-6(5)9-7/h4,6H,1-3H2/t6-/m0/s1. The van der Waals surface area contributed by atoms with Gasteiger partial charge < -0.3 is 4.74 Å². The normalized spacial score (nSPS) is 31.8. The van der Waals surface area contributed by atoms with Crippen LogP contribution in [0.3, 0.4) is 0 Å². The van der Waals surface area contributed by atoms with Gasteiger partial charge in [0.1, 0.15) is 6.10 Å². The van der Waals surface area contributed by atoms with Crippen LogP contribution in [-0.4, -0.2) is 12.1 Å². The molecule has 0 amide bonds. The summed E-state index contributed by atoms with van der Waals surface area (Å²) in [6, 6.07) is 0. The van der Waals surface area contributed by atoms with Gasteiger partial charge in [0.05, 0.1) is 0 Å². The molecule has 0 unspecified atom stereocenters. The summed E-state index contributed by atoms with van der Waals surface area (Å²) < 4.78 is 4.95. The third kappa shape index (κ3) is 0.661. The highest BCUT2D eigenvalue weighted by molar-refractivity contribution is 5.86. The smallest absolute Gasteiger partial charge is 0.331 e. The second kappa shape index (κ2) is 1.59. The Morgan fingerprint density at radius 1 is 1.67 bits per heavy atom. The van der Waals surface area contributed by atoms with Crippen LogP contribution in [0.1, 0.15) is 19.3 Å². The van der Waals surface area contributed by atoms with Gasteiger partial charge in [-0.25, -0.2) is 4.79 Å². The fourth-order valence-corrected chi connectivity index (χ4v) is 1.46. The van der Waals surface area contributed by atoms with Gasteiger partial charge in [0.25, 0.3) is 0 Å². The van der Waals surface area contributed by atoms with Gasteiger partial charge in [-0.15, -0.1) is 0 Å². The van der Waals surface area contributed by atoms with Crippen LogP contribution in [0.25, 0.3) is 0 Å². The number of rotatable bonds is 0. The Morgan fingerprint density at radius 2 is 2.56 bits per heavy atom. The van der Waals surface area contributed by atoms with Crippen molar-refractivity contribution in [3.8, 4) is 0 Å². The van der Waals surface area contributed by atoms with Crippen LogP contribution < -0.4 is 0 Å². The van der Waals surface area contributed by atoms with Crippen LogP contribution in [0.15, 0.2) is 11.6 Å². The Balaban J connectivity index is 2.27. The van der Waals surface area contributed by atoms with E-state index in [1.807, 2.05) is 0 Å². The molecule has 0 aromatic rings. The molecule has 1 atom stereocenters. The number of carbonyl (C=O) groups excluding carboxylic acids is 1. The van der Waals surface area contributed by atoms with Crippen molar-refractivity contribution < 1.29 is 9.53 Å². The first-order chi connectivity index (χ1) is 4.36. The van der Waals surface area contributed by atoms with Crippen LogP contribution in [0.2, 0.25) is 0 Å². The zero-order chi connectivity index (χ0) is 6.27. The van der Waals surface area contributed by atoms with Gasteiger partial charge >= 0.3 is 5.97 Å². The number of carbonyl (C=O) groups is 1. The average Bonchev–Trinajstić information content (AvgIpc) is 2.22. The molecule has 0 radical (unpaired) electrons.